The lowest BCUT2D eigenvalue weighted by Crippen LogP contribution is -2.14. The molecular formula is C13H11BrN4O2. The highest BCUT2D eigenvalue weighted by Crippen LogP contribution is 2.78. The van der Waals surface area contributed by atoms with E-state index in [-0.39, 0.29) is 22.4 Å². The second-order valence-electron chi connectivity index (χ2n) is 5.24. The topological polar surface area (TPSA) is 99.2 Å². The number of aliphatic imine (C=N–C) groups is 1. The summed E-state index contributed by atoms with van der Waals surface area (Å²) in [6, 6.07) is 2.39. The smallest absolute Gasteiger partial charge is 0.351 e. The fourth-order valence-corrected chi connectivity index (χ4v) is 3.07. The van der Waals surface area contributed by atoms with E-state index in [1.165, 1.54) is 0 Å². The highest BCUT2D eigenvalue weighted by molar-refractivity contribution is 9.09. The van der Waals surface area contributed by atoms with Gasteiger partial charge >= 0.3 is 5.97 Å². The van der Waals surface area contributed by atoms with Gasteiger partial charge in [-0.05, 0) is 24.7 Å². The second kappa shape index (κ2) is 4.35. The first-order valence-electron chi connectivity index (χ1n) is 6.17. The predicted molar refractivity (Wildman–Crippen MR) is 74.1 cm³/mol. The molecule has 102 valence electrons. The van der Waals surface area contributed by atoms with Crippen molar-refractivity contribution in [3.63, 3.8) is 0 Å². The number of hydrogen-bond acceptors (Lipinski definition) is 5. The second-order valence-corrected chi connectivity index (χ2v) is 5.80. The van der Waals surface area contributed by atoms with Crippen LogP contribution in [-0.2, 0) is 10.2 Å². The lowest BCUT2D eigenvalue weighted by atomic mass is 9.97. The summed E-state index contributed by atoms with van der Waals surface area (Å²) in [6.45, 7) is 0. The van der Waals surface area contributed by atoms with E-state index in [0.29, 0.717) is 0 Å². The van der Waals surface area contributed by atoms with Crippen LogP contribution in [0.5, 0.6) is 0 Å². The van der Waals surface area contributed by atoms with Crippen molar-refractivity contribution in [2.75, 3.05) is 5.33 Å². The molecule has 0 amide bonds. The Labute approximate surface area is 123 Å². The molecule has 6 nitrogen and oxygen atoms in total. The Kier molecular flexibility index (Phi) is 2.87. The Morgan fingerprint density at radius 1 is 1.50 bits per heavy atom. The van der Waals surface area contributed by atoms with Gasteiger partial charge in [-0.3, -0.25) is 0 Å². The predicted octanol–water partition coefficient (Wildman–Crippen LogP) is 1.97. The minimum atomic E-state index is -1.11. The van der Waals surface area contributed by atoms with E-state index in [1.54, 1.807) is 12.4 Å². The van der Waals surface area contributed by atoms with Gasteiger partial charge in [-0.1, -0.05) is 15.9 Å². The van der Waals surface area contributed by atoms with Crippen LogP contribution in [0.2, 0.25) is 0 Å². The van der Waals surface area contributed by atoms with Crippen LogP contribution < -0.4 is 0 Å². The first-order chi connectivity index (χ1) is 9.57. The lowest BCUT2D eigenvalue weighted by Gasteiger charge is -2.07. The summed E-state index contributed by atoms with van der Waals surface area (Å²) in [5, 5.41) is 18.4. The van der Waals surface area contributed by atoms with Gasteiger partial charge in [0.25, 0.3) is 0 Å². The van der Waals surface area contributed by atoms with Gasteiger partial charge in [-0.15, -0.1) is 0 Å². The molecule has 0 aromatic carbocycles. The largest absolute Gasteiger partial charge is 0.477 e. The summed E-state index contributed by atoms with van der Waals surface area (Å²) < 4.78 is 0. The Balaban J connectivity index is 1.86. The molecule has 1 aromatic rings. The van der Waals surface area contributed by atoms with Gasteiger partial charge in [0.15, 0.2) is 0 Å². The molecule has 1 N–H and O–H groups in total. The van der Waals surface area contributed by atoms with Crippen molar-refractivity contribution in [2.45, 2.75) is 24.7 Å². The van der Waals surface area contributed by atoms with Crippen LogP contribution in [-0.4, -0.2) is 32.1 Å². The van der Waals surface area contributed by atoms with Crippen molar-refractivity contribution < 1.29 is 9.90 Å². The van der Waals surface area contributed by atoms with Crippen LogP contribution >= 0.6 is 15.9 Å². The summed E-state index contributed by atoms with van der Waals surface area (Å²) in [6.07, 6.45) is 6.25. The molecular weight excluding hydrogens is 324 g/mol. The number of rotatable bonds is 4. The molecule has 0 radical (unpaired) electrons. The third-order valence-electron chi connectivity index (χ3n) is 4.17. The summed E-state index contributed by atoms with van der Waals surface area (Å²) in [5.74, 6) is -1.01. The fraction of sp³-hybridized carbons (Fsp3) is 0.462. The Bertz CT molecular complexity index is 645. The average Bonchev–Trinajstić information content (AvgIpc) is 3.36. The highest BCUT2D eigenvalue weighted by atomic mass is 79.9. The van der Waals surface area contributed by atoms with Gasteiger partial charge in [-0.25, -0.2) is 19.8 Å². The minimum Gasteiger partial charge on any atom is -0.477 e. The van der Waals surface area contributed by atoms with E-state index < -0.39 is 11.4 Å². The summed E-state index contributed by atoms with van der Waals surface area (Å²) in [7, 11) is 0. The zero-order valence-electron chi connectivity index (χ0n) is 10.5. The molecule has 2 saturated carbocycles. The highest BCUT2D eigenvalue weighted by Gasteiger charge is 2.75. The molecule has 2 aliphatic rings. The van der Waals surface area contributed by atoms with Crippen molar-refractivity contribution >= 4 is 33.6 Å². The van der Waals surface area contributed by atoms with Gasteiger partial charge in [0.1, 0.15) is 5.71 Å². The number of hydrogen-bond donors (Lipinski definition) is 1. The van der Waals surface area contributed by atoms with E-state index in [0.717, 1.165) is 24.8 Å². The van der Waals surface area contributed by atoms with Gasteiger partial charge < -0.3 is 5.11 Å². The first kappa shape index (κ1) is 13.2. The molecule has 2 aliphatic carbocycles. The van der Waals surface area contributed by atoms with Crippen LogP contribution in [0.25, 0.3) is 0 Å². The Morgan fingerprint density at radius 3 is 2.55 bits per heavy atom. The standard InChI is InChI=1S/C13H11BrN4O2/c14-3-9(10(19)20)18-11-16-4-8(5-17-11)13(7-15)6-12(13)1-2-12/h4-5H,1-3,6H2,(H,19,20). The Hall–Kier alpha value is -1.81. The molecule has 0 bridgehead atoms. The maximum Gasteiger partial charge on any atom is 0.351 e. The number of carboxylic acids is 1. The van der Waals surface area contributed by atoms with E-state index in [4.69, 9.17) is 5.11 Å². The summed E-state index contributed by atoms with van der Waals surface area (Å²) in [4.78, 5) is 22.8. The van der Waals surface area contributed by atoms with E-state index in [2.05, 4.69) is 37.0 Å². The lowest BCUT2D eigenvalue weighted by molar-refractivity contribution is -0.129. The number of carboxylic acid groups (broad SMARTS) is 1. The van der Waals surface area contributed by atoms with Crippen molar-refractivity contribution in [2.24, 2.45) is 10.4 Å². The van der Waals surface area contributed by atoms with Crippen LogP contribution in [0.3, 0.4) is 0 Å². The molecule has 0 aliphatic heterocycles. The average molecular weight is 335 g/mol. The third-order valence-corrected chi connectivity index (χ3v) is 4.70. The monoisotopic (exact) mass is 334 g/mol. The molecule has 2 fully saturated rings. The molecule has 1 atom stereocenters. The molecule has 1 spiro atoms. The summed E-state index contributed by atoms with van der Waals surface area (Å²) in [5.41, 5.74) is 0.489. The number of aromatic nitrogens is 2. The zero-order valence-corrected chi connectivity index (χ0v) is 12.1. The van der Waals surface area contributed by atoms with Crippen LogP contribution in [0.4, 0.5) is 5.95 Å². The maximum atomic E-state index is 10.9. The molecule has 20 heavy (non-hydrogen) atoms. The SMILES string of the molecule is N#CC1(c2cnc(N=C(CBr)C(=O)O)nc2)CC12CC2. The van der Waals surface area contributed by atoms with Crippen LogP contribution in [0.15, 0.2) is 17.4 Å². The molecule has 1 unspecified atom stereocenters. The molecule has 7 heteroatoms. The van der Waals surface area contributed by atoms with E-state index in [9.17, 15) is 10.1 Å². The first-order valence-corrected chi connectivity index (χ1v) is 7.30. The number of carbonyl (C=O) groups is 1. The molecule has 3 rings (SSSR count). The van der Waals surface area contributed by atoms with E-state index in [1.807, 2.05) is 0 Å². The fourth-order valence-electron chi connectivity index (χ4n) is 2.70. The van der Waals surface area contributed by atoms with Crippen molar-refractivity contribution in [1.82, 2.24) is 9.97 Å². The molecule has 1 heterocycles. The quantitative estimate of drug-likeness (QED) is 0.670. The molecule has 1 aromatic heterocycles. The third kappa shape index (κ3) is 1.83. The van der Waals surface area contributed by atoms with Gasteiger partial charge in [0.05, 0.1) is 16.8 Å². The normalized spacial score (nSPS) is 26.1. The summed E-state index contributed by atoms with van der Waals surface area (Å²) >= 11 is 3.05. The van der Waals surface area contributed by atoms with Gasteiger partial charge in [0.2, 0.25) is 5.95 Å². The van der Waals surface area contributed by atoms with Gasteiger partial charge in [0, 0.05) is 18.0 Å². The van der Waals surface area contributed by atoms with Crippen molar-refractivity contribution in [3.05, 3.63) is 18.0 Å². The van der Waals surface area contributed by atoms with Crippen molar-refractivity contribution in [3.8, 4) is 6.07 Å². The minimum absolute atomic E-state index is 0.0576. The zero-order chi connectivity index (χ0) is 14.4. The van der Waals surface area contributed by atoms with Crippen LogP contribution in [0.1, 0.15) is 24.8 Å². The maximum absolute atomic E-state index is 10.9. The Morgan fingerprint density at radius 2 is 2.15 bits per heavy atom. The number of halogens is 1. The number of alkyl halides is 1. The van der Waals surface area contributed by atoms with Crippen LogP contribution in [0, 0.1) is 16.7 Å². The number of nitrogens with zero attached hydrogens (tertiary/aromatic N) is 4. The van der Waals surface area contributed by atoms with E-state index >= 15 is 0 Å². The number of aliphatic carboxylic acids is 1. The van der Waals surface area contributed by atoms with Crippen molar-refractivity contribution in [1.29, 1.82) is 5.26 Å². The molecule has 0 saturated heterocycles. The number of nitriles is 1. The van der Waals surface area contributed by atoms with Gasteiger partial charge in [-0.2, -0.15) is 5.26 Å².